The van der Waals surface area contributed by atoms with Crippen LogP contribution in [0.5, 0.6) is 5.75 Å². The average Bonchev–Trinajstić information content (AvgIpc) is 3.08. The van der Waals surface area contributed by atoms with Gasteiger partial charge in [-0.3, -0.25) is 4.79 Å². The van der Waals surface area contributed by atoms with Crippen molar-refractivity contribution >= 4 is 11.3 Å². The van der Waals surface area contributed by atoms with Gasteiger partial charge in [-0.1, -0.05) is 36.4 Å². The van der Waals surface area contributed by atoms with Crippen molar-refractivity contribution in [3.8, 4) is 16.9 Å². The lowest BCUT2D eigenvalue weighted by molar-refractivity contribution is -0.0498. The normalized spacial score (nSPS) is 11.1. The molecule has 0 fully saturated rings. The summed E-state index contributed by atoms with van der Waals surface area (Å²) in [6.07, 6.45) is 1.84. The van der Waals surface area contributed by atoms with Crippen LogP contribution in [0, 0.1) is 0 Å². The van der Waals surface area contributed by atoms with E-state index in [4.69, 9.17) is 0 Å². The fraction of sp³-hybridized carbons (Fsp3) is 0.0455. The van der Waals surface area contributed by atoms with E-state index in [9.17, 15) is 13.6 Å². The Bertz CT molecular complexity index is 1090. The first kappa shape index (κ1) is 17.0. The molecule has 4 aromatic rings. The molecule has 5 heteroatoms. The molecule has 0 aliphatic rings. The van der Waals surface area contributed by atoms with Gasteiger partial charge in [0.05, 0.1) is 0 Å². The number of halogens is 2. The minimum absolute atomic E-state index is 0.0184. The number of fused-ring (bicyclic) bond motifs is 1. The second-order valence-corrected chi connectivity index (χ2v) is 6.00. The number of pyridine rings is 1. The van der Waals surface area contributed by atoms with Crippen molar-refractivity contribution in [3.63, 3.8) is 0 Å². The molecule has 0 bridgehead atoms. The zero-order valence-electron chi connectivity index (χ0n) is 14.2. The molecule has 0 radical (unpaired) electrons. The van der Waals surface area contributed by atoms with Gasteiger partial charge in [0.2, 0.25) is 5.78 Å². The molecule has 0 unspecified atom stereocenters. The van der Waals surface area contributed by atoms with E-state index in [2.05, 4.69) is 4.74 Å². The van der Waals surface area contributed by atoms with Gasteiger partial charge < -0.3 is 9.14 Å². The van der Waals surface area contributed by atoms with Gasteiger partial charge in [0.1, 0.15) is 11.4 Å². The Morgan fingerprint density at radius 1 is 0.889 bits per heavy atom. The van der Waals surface area contributed by atoms with Crippen LogP contribution in [0.2, 0.25) is 0 Å². The maximum absolute atomic E-state index is 13.2. The van der Waals surface area contributed by atoms with Gasteiger partial charge in [0.15, 0.2) is 0 Å². The Morgan fingerprint density at radius 3 is 2.30 bits per heavy atom. The van der Waals surface area contributed by atoms with Crippen LogP contribution in [-0.2, 0) is 0 Å². The zero-order valence-corrected chi connectivity index (χ0v) is 14.2. The molecular weight excluding hydrogens is 348 g/mol. The minimum atomic E-state index is -2.90. The summed E-state index contributed by atoms with van der Waals surface area (Å²) >= 11 is 0. The second-order valence-electron chi connectivity index (χ2n) is 6.00. The van der Waals surface area contributed by atoms with Crippen LogP contribution in [0.4, 0.5) is 8.78 Å². The SMILES string of the molecule is O=C(c1ccc(OC(F)F)cc1)c1c(-c2ccccc2)cc2ccccn12. The van der Waals surface area contributed by atoms with E-state index >= 15 is 0 Å². The van der Waals surface area contributed by atoms with Gasteiger partial charge in [-0.25, -0.2) is 0 Å². The van der Waals surface area contributed by atoms with Gasteiger partial charge in [-0.05, 0) is 48.0 Å². The number of ether oxygens (including phenoxy) is 1. The monoisotopic (exact) mass is 363 g/mol. The van der Waals surface area contributed by atoms with Crippen molar-refractivity contribution in [2.24, 2.45) is 0 Å². The number of benzene rings is 2. The largest absolute Gasteiger partial charge is 0.435 e. The summed E-state index contributed by atoms with van der Waals surface area (Å²) in [7, 11) is 0. The summed E-state index contributed by atoms with van der Waals surface area (Å²) in [6.45, 7) is -2.90. The summed E-state index contributed by atoms with van der Waals surface area (Å²) in [6, 6.07) is 23.1. The average molecular weight is 363 g/mol. The van der Waals surface area contributed by atoms with Crippen molar-refractivity contribution in [2.45, 2.75) is 6.61 Å². The van der Waals surface area contributed by atoms with Crippen molar-refractivity contribution in [2.75, 3.05) is 0 Å². The highest BCUT2D eigenvalue weighted by Gasteiger charge is 2.20. The number of rotatable bonds is 5. The molecule has 0 spiro atoms. The molecule has 0 saturated heterocycles. The number of alkyl halides is 2. The summed E-state index contributed by atoms with van der Waals surface area (Å²) in [5.74, 6) is -0.173. The van der Waals surface area contributed by atoms with E-state index in [1.807, 2.05) is 65.2 Å². The number of carbonyl (C=O) groups is 1. The first-order chi connectivity index (χ1) is 13.1. The number of carbonyl (C=O) groups excluding carboxylic acids is 1. The smallest absolute Gasteiger partial charge is 0.387 e. The molecule has 27 heavy (non-hydrogen) atoms. The van der Waals surface area contributed by atoms with Crippen LogP contribution < -0.4 is 4.74 Å². The molecule has 0 aliphatic carbocycles. The van der Waals surface area contributed by atoms with Gasteiger partial charge in [-0.15, -0.1) is 0 Å². The topological polar surface area (TPSA) is 30.7 Å². The third kappa shape index (κ3) is 3.31. The van der Waals surface area contributed by atoms with Gasteiger partial charge in [-0.2, -0.15) is 8.78 Å². The van der Waals surface area contributed by atoms with Crippen LogP contribution in [-0.4, -0.2) is 16.8 Å². The quantitative estimate of drug-likeness (QED) is 0.442. The zero-order chi connectivity index (χ0) is 18.8. The van der Waals surface area contributed by atoms with Gasteiger partial charge >= 0.3 is 6.61 Å². The third-order valence-corrected chi connectivity index (χ3v) is 4.32. The summed E-state index contributed by atoms with van der Waals surface area (Å²) in [4.78, 5) is 13.2. The minimum Gasteiger partial charge on any atom is -0.435 e. The highest BCUT2D eigenvalue weighted by Crippen LogP contribution is 2.30. The molecule has 2 heterocycles. The second kappa shape index (κ2) is 7.03. The lowest BCUT2D eigenvalue weighted by atomic mass is 10.0. The third-order valence-electron chi connectivity index (χ3n) is 4.32. The molecule has 0 atom stereocenters. The van der Waals surface area contributed by atoms with Crippen LogP contribution >= 0.6 is 0 Å². The Hall–Kier alpha value is -3.47. The number of aromatic nitrogens is 1. The molecule has 0 aliphatic heterocycles. The molecule has 0 N–H and O–H groups in total. The van der Waals surface area contributed by atoms with E-state index in [1.165, 1.54) is 24.3 Å². The predicted molar refractivity (Wildman–Crippen MR) is 99.3 cm³/mol. The summed E-state index contributed by atoms with van der Waals surface area (Å²) in [5, 5.41) is 0. The lowest BCUT2D eigenvalue weighted by Crippen LogP contribution is -2.07. The summed E-state index contributed by atoms with van der Waals surface area (Å²) in [5.41, 5.74) is 3.58. The van der Waals surface area contributed by atoms with Crippen molar-refractivity contribution < 1.29 is 18.3 Å². The Morgan fingerprint density at radius 2 is 1.59 bits per heavy atom. The summed E-state index contributed by atoms with van der Waals surface area (Å²) < 4.78 is 30.8. The Kier molecular flexibility index (Phi) is 4.42. The van der Waals surface area contributed by atoms with Crippen LogP contribution in [0.15, 0.2) is 85.1 Å². The first-order valence-electron chi connectivity index (χ1n) is 8.38. The van der Waals surface area contributed by atoms with Crippen molar-refractivity contribution in [1.82, 2.24) is 4.40 Å². The maximum Gasteiger partial charge on any atom is 0.387 e. The molecule has 2 aromatic heterocycles. The Balaban J connectivity index is 1.81. The fourth-order valence-corrected chi connectivity index (χ4v) is 3.12. The van der Waals surface area contributed by atoms with Crippen LogP contribution in [0.25, 0.3) is 16.6 Å². The number of hydrogen-bond acceptors (Lipinski definition) is 2. The molecule has 0 amide bonds. The molecule has 0 saturated carbocycles. The molecule has 2 aromatic carbocycles. The highest BCUT2D eigenvalue weighted by atomic mass is 19.3. The maximum atomic E-state index is 13.2. The van der Waals surface area contributed by atoms with E-state index in [1.54, 1.807) is 0 Å². The van der Waals surface area contributed by atoms with E-state index in [0.29, 0.717) is 11.3 Å². The molecule has 134 valence electrons. The molecule has 4 rings (SSSR count). The fourth-order valence-electron chi connectivity index (χ4n) is 3.12. The van der Waals surface area contributed by atoms with E-state index < -0.39 is 6.61 Å². The van der Waals surface area contributed by atoms with E-state index in [0.717, 1.165) is 16.6 Å². The van der Waals surface area contributed by atoms with E-state index in [-0.39, 0.29) is 11.5 Å². The number of hydrogen-bond donors (Lipinski definition) is 0. The Labute approximate surface area is 154 Å². The first-order valence-corrected chi connectivity index (χ1v) is 8.38. The highest BCUT2D eigenvalue weighted by molar-refractivity contribution is 6.13. The van der Waals surface area contributed by atoms with Crippen LogP contribution in [0.3, 0.4) is 0 Å². The van der Waals surface area contributed by atoms with Crippen LogP contribution in [0.1, 0.15) is 16.1 Å². The van der Waals surface area contributed by atoms with Crippen molar-refractivity contribution in [3.05, 3.63) is 96.3 Å². The molecule has 3 nitrogen and oxygen atoms in total. The predicted octanol–water partition coefficient (Wildman–Crippen LogP) is 5.44. The number of nitrogens with zero attached hydrogens (tertiary/aromatic N) is 1. The molecular formula is C22H15F2NO2. The van der Waals surface area contributed by atoms with Gasteiger partial charge in [0, 0.05) is 22.8 Å². The lowest BCUT2D eigenvalue weighted by Gasteiger charge is -2.08. The number of ketones is 1. The standard InChI is InChI=1S/C22H15F2NO2/c23-22(24)27-18-11-9-16(10-12-18)21(26)20-19(15-6-2-1-3-7-15)14-17-8-4-5-13-25(17)20/h1-14,22H. The van der Waals surface area contributed by atoms with Gasteiger partial charge in [0.25, 0.3) is 0 Å². The van der Waals surface area contributed by atoms with Crippen molar-refractivity contribution in [1.29, 1.82) is 0 Å².